The molecule has 1 aliphatic carbocycles. The van der Waals surface area contributed by atoms with E-state index in [1.807, 2.05) is 49.5 Å². The number of fused-ring (bicyclic) bond motifs is 2. The molecule has 6 heteroatoms. The molecule has 164 valence electrons. The van der Waals surface area contributed by atoms with Gasteiger partial charge in [0, 0.05) is 18.4 Å². The first-order chi connectivity index (χ1) is 16.1. The van der Waals surface area contributed by atoms with Gasteiger partial charge in [-0.15, -0.1) is 0 Å². The molecule has 2 aliphatic rings. The van der Waals surface area contributed by atoms with E-state index in [-0.39, 0.29) is 5.82 Å². The first-order valence-electron chi connectivity index (χ1n) is 11.0. The Morgan fingerprint density at radius 3 is 2.61 bits per heavy atom. The van der Waals surface area contributed by atoms with Crippen molar-refractivity contribution in [2.24, 2.45) is 4.99 Å². The van der Waals surface area contributed by atoms with Crippen molar-refractivity contribution >= 4 is 22.4 Å². The van der Waals surface area contributed by atoms with Crippen LogP contribution in [0.5, 0.6) is 0 Å². The second-order valence-electron chi connectivity index (χ2n) is 8.03. The Morgan fingerprint density at radius 2 is 1.82 bits per heavy atom. The van der Waals surface area contributed by atoms with E-state index in [4.69, 9.17) is 9.98 Å². The van der Waals surface area contributed by atoms with Gasteiger partial charge < -0.3 is 9.88 Å². The summed E-state index contributed by atoms with van der Waals surface area (Å²) in [5.41, 5.74) is 7.24. The van der Waals surface area contributed by atoms with Gasteiger partial charge in [0.1, 0.15) is 5.82 Å². The van der Waals surface area contributed by atoms with Gasteiger partial charge in [-0.25, -0.2) is 9.37 Å². The van der Waals surface area contributed by atoms with Crippen LogP contribution in [0.1, 0.15) is 18.9 Å². The lowest BCUT2D eigenvalue weighted by Gasteiger charge is -2.20. The largest absolute Gasteiger partial charge is 0.352 e. The summed E-state index contributed by atoms with van der Waals surface area (Å²) in [5.74, 6) is -0.265. The number of aryl methyl sites for hydroxylation is 1. The van der Waals surface area contributed by atoms with Gasteiger partial charge in [-0.3, -0.25) is 9.98 Å². The van der Waals surface area contributed by atoms with E-state index in [0.717, 1.165) is 56.8 Å². The monoisotopic (exact) mass is 437 g/mol. The molecule has 1 N–H and O–H groups in total. The molecule has 0 bridgehead atoms. The van der Waals surface area contributed by atoms with Gasteiger partial charge in [0.15, 0.2) is 0 Å². The number of nitrogens with one attached hydrogen (secondary N) is 1. The number of benzene rings is 3. The molecule has 0 unspecified atom stereocenters. The minimum Gasteiger partial charge on any atom is -0.352 e. The smallest absolute Gasteiger partial charge is 0.123 e. The molecule has 0 radical (unpaired) electrons. The molecule has 2 heterocycles. The summed E-state index contributed by atoms with van der Waals surface area (Å²) in [6.07, 6.45) is 4.57. The van der Waals surface area contributed by atoms with Crippen LogP contribution in [-0.4, -0.2) is 21.1 Å². The zero-order valence-electron chi connectivity index (χ0n) is 18.6. The van der Waals surface area contributed by atoms with Gasteiger partial charge in [-0.2, -0.15) is 0 Å². The van der Waals surface area contributed by atoms with E-state index in [1.54, 1.807) is 18.3 Å². The van der Waals surface area contributed by atoms with Crippen LogP contribution < -0.4 is 10.7 Å². The minimum absolute atomic E-state index is 0.265. The van der Waals surface area contributed by atoms with Crippen molar-refractivity contribution in [2.75, 3.05) is 11.9 Å². The predicted octanol–water partition coefficient (Wildman–Crippen LogP) is 6.03. The van der Waals surface area contributed by atoms with Gasteiger partial charge >= 0.3 is 0 Å². The summed E-state index contributed by atoms with van der Waals surface area (Å²) in [6.45, 7) is 4.83. The Kier molecular flexibility index (Phi) is 5.57. The van der Waals surface area contributed by atoms with Crippen molar-refractivity contribution in [2.45, 2.75) is 20.3 Å². The van der Waals surface area contributed by atoms with E-state index in [0.29, 0.717) is 6.54 Å². The highest BCUT2D eigenvalue weighted by Crippen LogP contribution is 2.30. The number of hydrogen-bond acceptors (Lipinski definition) is 4. The first kappa shape index (κ1) is 20.8. The number of pyridine rings is 1. The molecule has 5 rings (SSSR count). The number of para-hydroxylation sites is 2. The summed E-state index contributed by atoms with van der Waals surface area (Å²) >= 11 is 0. The molecule has 5 nitrogen and oxygen atoms in total. The summed E-state index contributed by atoms with van der Waals surface area (Å²) in [5, 5.41) is 4.32. The average Bonchev–Trinajstić information content (AvgIpc) is 2.82. The van der Waals surface area contributed by atoms with Gasteiger partial charge in [-0.1, -0.05) is 19.1 Å². The topological polar surface area (TPSA) is 55.1 Å². The number of rotatable bonds is 5. The molecule has 0 spiro atoms. The second-order valence-corrected chi connectivity index (χ2v) is 8.03. The van der Waals surface area contributed by atoms with Crippen LogP contribution >= 0.6 is 0 Å². The van der Waals surface area contributed by atoms with Crippen molar-refractivity contribution in [3.8, 4) is 17.1 Å². The van der Waals surface area contributed by atoms with Gasteiger partial charge in [-0.05, 0) is 73.5 Å². The Bertz CT molecular complexity index is 1470. The Labute approximate surface area is 191 Å². The fraction of sp³-hybridized carbons (Fsp3) is 0.148. The van der Waals surface area contributed by atoms with Crippen LogP contribution in [0.2, 0.25) is 0 Å². The molecule has 0 amide bonds. The molecular weight excluding hydrogens is 413 g/mol. The third-order valence-electron chi connectivity index (χ3n) is 5.44. The highest BCUT2D eigenvalue weighted by molar-refractivity contribution is 5.84. The number of aromatic nitrogens is 3. The third kappa shape index (κ3) is 4.20. The van der Waals surface area contributed by atoms with Crippen LogP contribution in [0.3, 0.4) is 0 Å². The minimum atomic E-state index is -0.265. The number of hydrogen-bond donors (Lipinski definition) is 1. The van der Waals surface area contributed by atoms with Crippen molar-refractivity contribution in [3.05, 3.63) is 95.9 Å². The van der Waals surface area contributed by atoms with Crippen LogP contribution in [0.15, 0.2) is 84.1 Å². The fourth-order valence-corrected chi connectivity index (χ4v) is 3.95. The lowest BCUT2D eigenvalue weighted by molar-refractivity contribution is 0.627. The standard InChI is InChI=1S/C27H24FN5/c1-3-12-30-23-15-27-25(14-24(23)31-20-13-18(2)16-29-17-20)32-22-6-4-5-7-26(22)33(27)21-10-8-19(28)9-11-21/h4-11,13-17,31H,3,12H2,1-2H3. The number of nitrogens with zero attached hydrogens (tertiary/aromatic N) is 4. The summed E-state index contributed by atoms with van der Waals surface area (Å²) in [6, 6.07) is 20.6. The second kappa shape index (κ2) is 8.82. The normalized spacial score (nSPS) is 11.9. The maximum atomic E-state index is 13.7. The van der Waals surface area contributed by atoms with Crippen molar-refractivity contribution in [1.29, 1.82) is 0 Å². The van der Waals surface area contributed by atoms with E-state index < -0.39 is 0 Å². The first-order valence-corrected chi connectivity index (χ1v) is 11.0. The Morgan fingerprint density at radius 1 is 1.00 bits per heavy atom. The van der Waals surface area contributed by atoms with E-state index in [1.165, 1.54) is 12.1 Å². The SMILES string of the molecule is CCCN=c1cc2n(-c3ccc(F)cc3)c3ccccc3nc-2cc1Nc1cncc(C)c1. The van der Waals surface area contributed by atoms with Crippen LogP contribution in [0.25, 0.3) is 28.1 Å². The molecule has 0 atom stereocenters. The molecule has 3 aromatic rings. The molecule has 33 heavy (non-hydrogen) atoms. The third-order valence-corrected chi connectivity index (χ3v) is 5.44. The molecule has 0 saturated carbocycles. The van der Waals surface area contributed by atoms with Gasteiger partial charge in [0.05, 0.1) is 45.4 Å². The zero-order chi connectivity index (χ0) is 22.8. The Balaban J connectivity index is 1.79. The molecule has 2 aromatic carbocycles. The lowest BCUT2D eigenvalue weighted by atomic mass is 10.1. The van der Waals surface area contributed by atoms with Crippen LogP contribution in [-0.2, 0) is 0 Å². The maximum Gasteiger partial charge on any atom is 0.123 e. The molecule has 1 aromatic heterocycles. The Hall–Kier alpha value is -4.06. The van der Waals surface area contributed by atoms with Crippen LogP contribution in [0, 0.1) is 12.7 Å². The summed E-state index contributed by atoms with van der Waals surface area (Å²) in [7, 11) is 0. The summed E-state index contributed by atoms with van der Waals surface area (Å²) in [4.78, 5) is 14.1. The van der Waals surface area contributed by atoms with Crippen molar-refractivity contribution in [3.63, 3.8) is 0 Å². The highest BCUT2D eigenvalue weighted by atomic mass is 19.1. The molecular formula is C27H24FN5. The maximum absolute atomic E-state index is 13.7. The lowest BCUT2D eigenvalue weighted by Crippen LogP contribution is -2.15. The predicted molar refractivity (Wildman–Crippen MR) is 131 cm³/mol. The summed E-state index contributed by atoms with van der Waals surface area (Å²) < 4.78 is 15.8. The fourth-order valence-electron chi connectivity index (χ4n) is 3.95. The molecule has 0 fully saturated rings. The van der Waals surface area contributed by atoms with E-state index in [9.17, 15) is 4.39 Å². The van der Waals surface area contributed by atoms with Crippen LogP contribution in [0.4, 0.5) is 15.8 Å². The highest BCUT2D eigenvalue weighted by Gasteiger charge is 2.16. The van der Waals surface area contributed by atoms with Crippen molar-refractivity contribution in [1.82, 2.24) is 14.5 Å². The quantitative estimate of drug-likeness (QED) is 0.342. The molecule has 0 saturated heterocycles. The zero-order valence-corrected chi connectivity index (χ0v) is 18.6. The molecule has 1 aliphatic heterocycles. The average molecular weight is 438 g/mol. The van der Waals surface area contributed by atoms with Gasteiger partial charge in [0.2, 0.25) is 0 Å². The van der Waals surface area contributed by atoms with Crippen molar-refractivity contribution < 1.29 is 4.39 Å². The van der Waals surface area contributed by atoms with E-state index >= 15 is 0 Å². The van der Waals surface area contributed by atoms with E-state index in [2.05, 4.69) is 27.9 Å². The van der Waals surface area contributed by atoms with Gasteiger partial charge in [0.25, 0.3) is 0 Å². The number of anilines is 2. The number of halogens is 1.